The van der Waals surface area contributed by atoms with E-state index < -0.39 is 12.2 Å². The van der Waals surface area contributed by atoms with Crippen molar-refractivity contribution in [3.8, 4) is 0 Å². The molecule has 6 heteroatoms. The lowest BCUT2D eigenvalue weighted by atomic mass is 9.89. The van der Waals surface area contributed by atoms with E-state index in [-0.39, 0.29) is 49.2 Å². The van der Waals surface area contributed by atoms with Gasteiger partial charge in [0.05, 0.1) is 12.2 Å². The Balaban J connectivity index is 2.54. The van der Waals surface area contributed by atoms with Gasteiger partial charge in [0.1, 0.15) is 0 Å². The minimum atomic E-state index is -0.879. The average Bonchev–Trinajstić information content (AvgIpc) is 2.35. The van der Waals surface area contributed by atoms with Crippen molar-refractivity contribution < 1.29 is 24.6 Å². The SMILES string of the molecule is CC(=CC(C)O)C=C(C)C(=O)CC(O)CC1CC(=O)NC(=O)C1. The zero-order valence-electron chi connectivity index (χ0n) is 13.8. The average molecular weight is 323 g/mol. The largest absolute Gasteiger partial charge is 0.393 e. The van der Waals surface area contributed by atoms with Crippen molar-refractivity contribution in [1.29, 1.82) is 0 Å². The maximum atomic E-state index is 12.1. The predicted octanol–water partition coefficient (Wildman–Crippen LogP) is 1.02. The van der Waals surface area contributed by atoms with Crippen LogP contribution in [-0.4, -0.2) is 40.0 Å². The number of Topliss-reactive ketones (excluding diaryl/α,β-unsaturated/α-hetero) is 1. The van der Waals surface area contributed by atoms with Crippen LogP contribution in [0.2, 0.25) is 0 Å². The number of ketones is 1. The van der Waals surface area contributed by atoms with Gasteiger partial charge in [-0.25, -0.2) is 0 Å². The summed E-state index contributed by atoms with van der Waals surface area (Å²) in [5, 5.41) is 21.5. The smallest absolute Gasteiger partial charge is 0.226 e. The highest BCUT2D eigenvalue weighted by Crippen LogP contribution is 2.21. The van der Waals surface area contributed by atoms with Crippen molar-refractivity contribution in [2.45, 2.75) is 58.7 Å². The van der Waals surface area contributed by atoms with Crippen molar-refractivity contribution in [3.05, 3.63) is 23.3 Å². The van der Waals surface area contributed by atoms with Crippen LogP contribution in [0.25, 0.3) is 0 Å². The first-order valence-corrected chi connectivity index (χ1v) is 7.76. The number of piperidine rings is 1. The number of amides is 2. The van der Waals surface area contributed by atoms with Crippen molar-refractivity contribution in [1.82, 2.24) is 5.32 Å². The Bertz CT molecular complexity index is 517. The molecule has 0 saturated carbocycles. The van der Waals surface area contributed by atoms with Gasteiger partial charge >= 0.3 is 0 Å². The molecule has 0 aromatic heterocycles. The lowest BCUT2D eigenvalue weighted by molar-refractivity contribution is -0.135. The number of carbonyl (C=O) groups is 3. The first kappa shape index (κ1) is 19.3. The molecular weight excluding hydrogens is 298 g/mol. The van der Waals surface area contributed by atoms with E-state index in [1.165, 1.54) is 0 Å². The van der Waals surface area contributed by atoms with Gasteiger partial charge in [-0.05, 0) is 38.7 Å². The van der Waals surface area contributed by atoms with E-state index in [9.17, 15) is 24.6 Å². The fraction of sp³-hybridized carbons (Fsp3) is 0.588. The van der Waals surface area contributed by atoms with Crippen LogP contribution in [-0.2, 0) is 14.4 Å². The van der Waals surface area contributed by atoms with Gasteiger partial charge in [0.2, 0.25) is 11.8 Å². The predicted molar refractivity (Wildman–Crippen MR) is 85.3 cm³/mol. The summed E-state index contributed by atoms with van der Waals surface area (Å²) in [6.07, 6.45) is 2.42. The second-order valence-electron chi connectivity index (χ2n) is 6.24. The number of allylic oxidation sites excluding steroid dienone is 3. The maximum Gasteiger partial charge on any atom is 0.226 e. The molecule has 2 atom stereocenters. The van der Waals surface area contributed by atoms with Crippen LogP contribution in [0, 0.1) is 5.92 Å². The second kappa shape index (κ2) is 8.74. The van der Waals surface area contributed by atoms with Crippen molar-refractivity contribution in [3.63, 3.8) is 0 Å². The van der Waals surface area contributed by atoms with Crippen LogP contribution >= 0.6 is 0 Å². The number of hydrogen-bond acceptors (Lipinski definition) is 5. The van der Waals surface area contributed by atoms with Gasteiger partial charge < -0.3 is 10.2 Å². The second-order valence-corrected chi connectivity index (χ2v) is 6.24. The summed E-state index contributed by atoms with van der Waals surface area (Å²) in [4.78, 5) is 34.7. The Morgan fingerprint density at radius 3 is 2.35 bits per heavy atom. The highest BCUT2D eigenvalue weighted by Gasteiger charge is 2.27. The number of aliphatic hydroxyl groups excluding tert-OH is 2. The molecule has 1 aliphatic heterocycles. The molecule has 0 radical (unpaired) electrons. The van der Waals surface area contributed by atoms with Crippen molar-refractivity contribution in [2.75, 3.05) is 0 Å². The standard InChI is InChI=1S/C17H25NO5/c1-10(5-12(3)19)4-11(2)15(21)9-14(20)6-13-7-16(22)18-17(23)8-13/h4-5,12-14,19-20H,6-9H2,1-3H3,(H,18,22,23). The Morgan fingerprint density at radius 1 is 1.26 bits per heavy atom. The summed E-state index contributed by atoms with van der Waals surface area (Å²) in [6.45, 7) is 5.07. The molecule has 1 rings (SSSR count). The number of aliphatic hydroxyl groups is 2. The van der Waals surface area contributed by atoms with Crippen LogP contribution in [0.1, 0.15) is 46.5 Å². The van der Waals surface area contributed by atoms with Crippen LogP contribution in [0.4, 0.5) is 0 Å². The number of nitrogens with one attached hydrogen (secondary N) is 1. The third kappa shape index (κ3) is 7.34. The molecule has 1 aliphatic rings. The van der Waals surface area contributed by atoms with Crippen LogP contribution in [0.15, 0.2) is 23.3 Å². The quantitative estimate of drug-likeness (QED) is 0.369. The van der Waals surface area contributed by atoms with Gasteiger partial charge in [-0.3, -0.25) is 19.7 Å². The molecule has 2 amide bonds. The molecule has 1 heterocycles. The minimum absolute atomic E-state index is 0.0450. The summed E-state index contributed by atoms with van der Waals surface area (Å²) in [7, 11) is 0. The fourth-order valence-corrected chi connectivity index (χ4v) is 2.71. The Morgan fingerprint density at radius 2 is 1.83 bits per heavy atom. The maximum absolute atomic E-state index is 12.1. The molecule has 0 aromatic rings. The zero-order chi connectivity index (χ0) is 17.6. The summed E-state index contributed by atoms with van der Waals surface area (Å²) < 4.78 is 0. The summed E-state index contributed by atoms with van der Waals surface area (Å²) in [5.74, 6) is -1.08. The first-order valence-electron chi connectivity index (χ1n) is 7.76. The molecule has 0 spiro atoms. The van der Waals surface area contributed by atoms with Crippen LogP contribution in [0.3, 0.4) is 0 Å². The van der Waals surface area contributed by atoms with Crippen molar-refractivity contribution in [2.24, 2.45) is 5.92 Å². The molecule has 1 fully saturated rings. The first-order chi connectivity index (χ1) is 10.7. The lowest BCUT2D eigenvalue weighted by Gasteiger charge is -2.23. The number of rotatable bonds is 7. The van der Waals surface area contributed by atoms with E-state index in [0.717, 1.165) is 5.57 Å². The number of carbonyl (C=O) groups excluding carboxylic acids is 3. The van der Waals surface area contributed by atoms with E-state index >= 15 is 0 Å². The third-order valence-corrected chi connectivity index (χ3v) is 3.64. The fourth-order valence-electron chi connectivity index (χ4n) is 2.71. The van der Waals surface area contributed by atoms with Gasteiger partial charge in [-0.15, -0.1) is 0 Å². The molecule has 0 bridgehead atoms. The summed E-state index contributed by atoms with van der Waals surface area (Å²) in [5.41, 5.74) is 1.27. The van der Waals surface area contributed by atoms with Crippen molar-refractivity contribution >= 4 is 17.6 Å². The Hall–Kier alpha value is -1.79. The van der Waals surface area contributed by atoms with Crippen LogP contribution < -0.4 is 5.32 Å². The van der Waals surface area contributed by atoms with E-state index in [1.54, 1.807) is 32.9 Å². The van der Waals surface area contributed by atoms with E-state index in [0.29, 0.717) is 5.57 Å². The number of hydrogen-bond donors (Lipinski definition) is 3. The van der Waals surface area contributed by atoms with Gasteiger partial charge in [-0.1, -0.05) is 17.7 Å². The van der Waals surface area contributed by atoms with Gasteiger partial charge in [0, 0.05) is 19.3 Å². The molecular formula is C17H25NO5. The number of imide groups is 1. The monoisotopic (exact) mass is 323 g/mol. The molecule has 6 nitrogen and oxygen atoms in total. The molecule has 23 heavy (non-hydrogen) atoms. The Labute approximate surface area is 136 Å². The Kier molecular flexibility index (Phi) is 7.32. The van der Waals surface area contributed by atoms with Gasteiger partial charge in [-0.2, -0.15) is 0 Å². The normalized spacial score (nSPS) is 20.2. The molecule has 128 valence electrons. The minimum Gasteiger partial charge on any atom is -0.393 e. The summed E-state index contributed by atoms with van der Waals surface area (Å²) in [6, 6.07) is 0. The molecule has 0 aromatic carbocycles. The highest BCUT2D eigenvalue weighted by molar-refractivity contribution is 5.98. The van der Waals surface area contributed by atoms with Crippen LogP contribution in [0.5, 0.6) is 0 Å². The molecule has 3 N–H and O–H groups in total. The van der Waals surface area contributed by atoms with E-state index in [1.807, 2.05) is 0 Å². The topological polar surface area (TPSA) is 104 Å². The molecule has 2 unspecified atom stereocenters. The van der Waals surface area contributed by atoms with Gasteiger partial charge in [0.25, 0.3) is 0 Å². The zero-order valence-corrected chi connectivity index (χ0v) is 13.8. The summed E-state index contributed by atoms with van der Waals surface area (Å²) >= 11 is 0. The molecule has 1 saturated heterocycles. The van der Waals surface area contributed by atoms with E-state index in [4.69, 9.17) is 0 Å². The lowest BCUT2D eigenvalue weighted by Crippen LogP contribution is -2.39. The van der Waals surface area contributed by atoms with E-state index in [2.05, 4.69) is 5.32 Å². The highest BCUT2D eigenvalue weighted by atomic mass is 16.3. The van der Waals surface area contributed by atoms with Gasteiger partial charge in [0.15, 0.2) is 5.78 Å². The molecule has 0 aliphatic carbocycles. The third-order valence-electron chi connectivity index (χ3n) is 3.64.